The Bertz CT molecular complexity index is 499. The molecule has 0 fully saturated rings. The van der Waals surface area contributed by atoms with Crippen LogP contribution in [-0.4, -0.2) is 8.42 Å². The Kier molecular flexibility index (Phi) is 2.94. The lowest BCUT2D eigenvalue weighted by molar-refractivity contribution is -0.142. The van der Waals surface area contributed by atoms with Gasteiger partial charge < -0.3 is 0 Å². The van der Waals surface area contributed by atoms with Crippen LogP contribution < -0.4 is 5.14 Å². The number of sulfonamides is 1. The highest BCUT2D eigenvalue weighted by Crippen LogP contribution is 2.34. The zero-order valence-corrected chi connectivity index (χ0v) is 8.16. The van der Waals surface area contributed by atoms with E-state index in [1.54, 1.807) is 0 Å². The number of halogens is 5. The van der Waals surface area contributed by atoms with E-state index in [-0.39, 0.29) is 12.1 Å². The van der Waals surface area contributed by atoms with Gasteiger partial charge in [0.1, 0.15) is 17.2 Å². The monoisotopic (exact) mass is 261 g/mol. The molecule has 9 heteroatoms. The van der Waals surface area contributed by atoms with E-state index in [1.807, 2.05) is 0 Å². The second-order valence-corrected chi connectivity index (χ2v) is 4.37. The first-order valence-electron chi connectivity index (χ1n) is 3.62. The van der Waals surface area contributed by atoms with Crippen molar-refractivity contribution in [1.82, 2.24) is 0 Å². The molecule has 3 nitrogen and oxygen atoms in total. The Morgan fingerprint density at radius 2 is 1.44 bits per heavy atom. The van der Waals surface area contributed by atoms with Crippen molar-refractivity contribution in [2.75, 3.05) is 0 Å². The minimum Gasteiger partial charge on any atom is -0.225 e. The molecule has 0 radical (unpaired) electrons. The van der Waals surface area contributed by atoms with E-state index >= 15 is 0 Å². The molecule has 2 N–H and O–H groups in total. The van der Waals surface area contributed by atoms with E-state index in [4.69, 9.17) is 0 Å². The van der Waals surface area contributed by atoms with E-state index in [2.05, 4.69) is 5.14 Å². The SMILES string of the molecule is NS(=O)(=O)c1cc(F)c(C(F)(F)F)c(F)c1. The second-order valence-electron chi connectivity index (χ2n) is 2.80. The van der Waals surface area contributed by atoms with Gasteiger partial charge in [0.2, 0.25) is 10.0 Å². The molecule has 0 amide bonds. The van der Waals surface area contributed by atoms with Gasteiger partial charge in [-0.2, -0.15) is 13.2 Å². The van der Waals surface area contributed by atoms with Crippen molar-refractivity contribution < 1.29 is 30.4 Å². The summed E-state index contributed by atoms with van der Waals surface area (Å²) >= 11 is 0. The largest absolute Gasteiger partial charge is 0.422 e. The van der Waals surface area contributed by atoms with Crippen molar-refractivity contribution in [3.05, 3.63) is 29.3 Å². The third-order valence-electron chi connectivity index (χ3n) is 1.63. The predicted molar refractivity (Wildman–Crippen MR) is 42.7 cm³/mol. The summed E-state index contributed by atoms with van der Waals surface area (Å²) in [6.07, 6.45) is -5.24. The lowest BCUT2D eigenvalue weighted by Gasteiger charge is -2.10. The quantitative estimate of drug-likeness (QED) is 0.781. The smallest absolute Gasteiger partial charge is 0.225 e. The third-order valence-corrected chi connectivity index (χ3v) is 2.52. The van der Waals surface area contributed by atoms with Gasteiger partial charge in [-0.1, -0.05) is 0 Å². The molecule has 90 valence electrons. The molecule has 1 rings (SSSR count). The average Bonchev–Trinajstić information content (AvgIpc) is 1.97. The first kappa shape index (κ1) is 12.8. The molecule has 0 saturated carbocycles. The van der Waals surface area contributed by atoms with E-state index < -0.39 is 38.3 Å². The molecule has 1 aromatic rings. The van der Waals surface area contributed by atoms with Crippen LogP contribution in [0.5, 0.6) is 0 Å². The van der Waals surface area contributed by atoms with E-state index in [0.29, 0.717) is 0 Å². The molecule has 0 unspecified atom stereocenters. The molecule has 0 spiro atoms. The maximum Gasteiger partial charge on any atom is 0.422 e. The Morgan fingerprint density at radius 1 is 1.06 bits per heavy atom. The van der Waals surface area contributed by atoms with Gasteiger partial charge in [-0.3, -0.25) is 0 Å². The van der Waals surface area contributed by atoms with Gasteiger partial charge >= 0.3 is 6.18 Å². The van der Waals surface area contributed by atoms with Crippen LogP contribution >= 0.6 is 0 Å². The van der Waals surface area contributed by atoms with Crippen LogP contribution in [0.3, 0.4) is 0 Å². The Balaban J connectivity index is 3.53. The molecule has 0 heterocycles. The lowest BCUT2D eigenvalue weighted by Crippen LogP contribution is -2.16. The second kappa shape index (κ2) is 3.67. The van der Waals surface area contributed by atoms with Crippen molar-refractivity contribution >= 4 is 10.0 Å². The number of benzene rings is 1. The lowest BCUT2D eigenvalue weighted by atomic mass is 10.2. The van der Waals surface area contributed by atoms with Gasteiger partial charge in [-0.05, 0) is 12.1 Å². The fourth-order valence-electron chi connectivity index (χ4n) is 0.985. The Morgan fingerprint density at radius 3 is 1.69 bits per heavy atom. The molecule has 0 aromatic heterocycles. The average molecular weight is 261 g/mol. The van der Waals surface area contributed by atoms with E-state index in [0.717, 1.165) is 0 Å². The van der Waals surface area contributed by atoms with Crippen LogP contribution in [0.25, 0.3) is 0 Å². The highest BCUT2D eigenvalue weighted by Gasteiger charge is 2.38. The zero-order valence-electron chi connectivity index (χ0n) is 7.35. The molecule has 0 saturated heterocycles. The van der Waals surface area contributed by atoms with Crippen molar-refractivity contribution in [1.29, 1.82) is 0 Å². The highest BCUT2D eigenvalue weighted by molar-refractivity contribution is 7.89. The molecular weight excluding hydrogens is 257 g/mol. The summed E-state index contributed by atoms with van der Waals surface area (Å²) in [5.74, 6) is -4.06. The van der Waals surface area contributed by atoms with Crippen molar-refractivity contribution in [3.8, 4) is 0 Å². The summed E-state index contributed by atoms with van der Waals surface area (Å²) < 4.78 is 83.3. The Labute approximate surface area is 86.7 Å². The summed E-state index contributed by atoms with van der Waals surface area (Å²) in [7, 11) is -4.46. The van der Waals surface area contributed by atoms with E-state index in [1.165, 1.54) is 0 Å². The summed E-state index contributed by atoms with van der Waals surface area (Å²) in [5, 5.41) is 4.51. The summed E-state index contributed by atoms with van der Waals surface area (Å²) in [6, 6.07) is 0.0302. The molecule has 0 bridgehead atoms. The van der Waals surface area contributed by atoms with Gasteiger partial charge in [0.05, 0.1) is 4.90 Å². The van der Waals surface area contributed by atoms with Crippen LogP contribution in [0, 0.1) is 11.6 Å². The first-order valence-corrected chi connectivity index (χ1v) is 5.17. The summed E-state index contributed by atoms with van der Waals surface area (Å²) in [5.41, 5.74) is -2.15. The minimum atomic E-state index is -5.24. The molecule has 16 heavy (non-hydrogen) atoms. The normalized spacial score (nSPS) is 12.9. The summed E-state index contributed by atoms with van der Waals surface area (Å²) in [4.78, 5) is -1.06. The van der Waals surface area contributed by atoms with Crippen molar-refractivity contribution in [3.63, 3.8) is 0 Å². The molecule has 0 aliphatic carbocycles. The highest BCUT2D eigenvalue weighted by atomic mass is 32.2. The van der Waals surface area contributed by atoms with Crippen LogP contribution in [0.15, 0.2) is 17.0 Å². The van der Waals surface area contributed by atoms with Crippen molar-refractivity contribution in [2.45, 2.75) is 11.1 Å². The molecular formula is C7H4F5NO2S. The van der Waals surface area contributed by atoms with Crippen molar-refractivity contribution in [2.24, 2.45) is 5.14 Å². The molecule has 0 aliphatic rings. The van der Waals surface area contributed by atoms with E-state index in [9.17, 15) is 30.4 Å². The van der Waals surface area contributed by atoms with Crippen LogP contribution in [0.2, 0.25) is 0 Å². The summed E-state index contributed by atoms with van der Waals surface area (Å²) in [6.45, 7) is 0. The van der Waals surface area contributed by atoms with Gasteiger partial charge in [0.25, 0.3) is 0 Å². The van der Waals surface area contributed by atoms with Crippen LogP contribution in [-0.2, 0) is 16.2 Å². The number of hydrogen-bond donors (Lipinski definition) is 1. The number of alkyl halides is 3. The van der Waals surface area contributed by atoms with Gasteiger partial charge in [0, 0.05) is 0 Å². The van der Waals surface area contributed by atoms with Gasteiger partial charge in [-0.25, -0.2) is 22.3 Å². The van der Waals surface area contributed by atoms with Crippen LogP contribution in [0.1, 0.15) is 5.56 Å². The number of hydrogen-bond acceptors (Lipinski definition) is 2. The maximum atomic E-state index is 12.9. The number of primary sulfonamides is 1. The maximum absolute atomic E-state index is 12.9. The van der Waals surface area contributed by atoms with Gasteiger partial charge in [-0.15, -0.1) is 0 Å². The predicted octanol–water partition coefficient (Wildman–Crippen LogP) is 1.63. The molecule has 0 aliphatic heterocycles. The minimum absolute atomic E-state index is 0.0151. The fraction of sp³-hybridized carbons (Fsp3) is 0.143. The number of nitrogens with two attached hydrogens (primary N) is 1. The zero-order chi connectivity index (χ0) is 12.7. The fourth-order valence-corrected chi connectivity index (χ4v) is 1.52. The molecule has 0 atom stereocenters. The molecule has 1 aromatic carbocycles. The Hall–Kier alpha value is -1.22. The first-order chi connectivity index (χ1) is 7.03. The van der Waals surface area contributed by atoms with Gasteiger partial charge in [0.15, 0.2) is 0 Å². The third kappa shape index (κ3) is 2.47. The topological polar surface area (TPSA) is 60.2 Å². The van der Waals surface area contributed by atoms with Crippen LogP contribution in [0.4, 0.5) is 22.0 Å². The standard InChI is InChI=1S/C7H4F5NO2S/c8-4-1-3(16(13,14)15)2-5(9)6(4)7(10,11)12/h1-2H,(H2,13,14,15). The number of rotatable bonds is 1.